The maximum atomic E-state index is 12.9. The average Bonchev–Trinajstić information content (AvgIpc) is 3.47. The summed E-state index contributed by atoms with van der Waals surface area (Å²) in [5, 5.41) is 13.0. The van der Waals surface area contributed by atoms with Crippen molar-refractivity contribution in [2.24, 2.45) is 11.8 Å². The fourth-order valence-corrected chi connectivity index (χ4v) is 4.31. The van der Waals surface area contributed by atoms with Crippen molar-refractivity contribution in [3.8, 4) is 0 Å². The van der Waals surface area contributed by atoms with Gasteiger partial charge in [-0.1, -0.05) is 24.3 Å². The van der Waals surface area contributed by atoms with Crippen LogP contribution in [0.15, 0.2) is 24.3 Å². The summed E-state index contributed by atoms with van der Waals surface area (Å²) in [5.74, 6) is 0.149. The van der Waals surface area contributed by atoms with E-state index in [9.17, 15) is 14.7 Å². The van der Waals surface area contributed by atoms with Gasteiger partial charge in [-0.15, -0.1) is 0 Å². The topological polar surface area (TPSA) is 69.6 Å². The predicted molar refractivity (Wildman–Crippen MR) is 93.7 cm³/mol. The highest BCUT2D eigenvalue weighted by molar-refractivity contribution is 5.84. The van der Waals surface area contributed by atoms with Gasteiger partial charge in [0, 0.05) is 31.5 Å². The zero-order chi connectivity index (χ0) is 17.4. The Kier molecular flexibility index (Phi) is 4.50. The Morgan fingerprint density at radius 1 is 1.16 bits per heavy atom. The molecular formula is C20H26N2O3. The molecule has 134 valence electrons. The summed E-state index contributed by atoms with van der Waals surface area (Å²) in [7, 11) is 0. The third-order valence-corrected chi connectivity index (χ3v) is 5.98. The highest BCUT2D eigenvalue weighted by Gasteiger charge is 2.39. The van der Waals surface area contributed by atoms with E-state index in [-0.39, 0.29) is 36.3 Å². The molecule has 1 heterocycles. The zero-order valence-electron chi connectivity index (χ0n) is 14.5. The summed E-state index contributed by atoms with van der Waals surface area (Å²) >= 11 is 0. The lowest BCUT2D eigenvalue weighted by Crippen LogP contribution is -2.48. The number of benzene rings is 1. The first kappa shape index (κ1) is 16.6. The lowest BCUT2D eigenvalue weighted by atomic mass is 9.79. The normalized spacial score (nSPS) is 29.2. The molecule has 3 aliphatic rings. The molecule has 0 spiro atoms. The van der Waals surface area contributed by atoms with Crippen molar-refractivity contribution in [3.05, 3.63) is 35.4 Å². The third-order valence-electron chi connectivity index (χ3n) is 5.98. The summed E-state index contributed by atoms with van der Waals surface area (Å²) in [6.45, 7) is 0.629. The Hall–Kier alpha value is -1.88. The summed E-state index contributed by atoms with van der Waals surface area (Å²) in [6, 6.07) is 8.42. The first-order chi connectivity index (χ1) is 12.2. The molecular weight excluding hydrogens is 316 g/mol. The lowest BCUT2D eigenvalue weighted by molar-refractivity contribution is -0.139. The van der Waals surface area contributed by atoms with Crippen LogP contribution in [-0.2, 0) is 16.0 Å². The number of carbonyl (C=O) groups excluding carboxylic acids is 2. The number of hydrogen-bond donors (Lipinski definition) is 2. The molecule has 1 aliphatic heterocycles. The molecule has 4 rings (SSSR count). The monoisotopic (exact) mass is 342 g/mol. The van der Waals surface area contributed by atoms with Gasteiger partial charge < -0.3 is 15.3 Å². The number of aliphatic hydroxyl groups is 1. The molecule has 5 heteroatoms. The lowest BCUT2D eigenvalue weighted by Gasteiger charge is -2.36. The summed E-state index contributed by atoms with van der Waals surface area (Å²) in [5.41, 5.74) is 2.39. The zero-order valence-corrected chi connectivity index (χ0v) is 14.5. The molecule has 1 aromatic rings. The minimum Gasteiger partial charge on any atom is -0.396 e. The second-order valence-electron chi connectivity index (χ2n) is 7.68. The van der Waals surface area contributed by atoms with Gasteiger partial charge in [0.25, 0.3) is 0 Å². The van der Waals surface area contributed by atoms with Crippen molar-refractivity contribution < 1.29 is 14.7 Å². The number of carbonyl (C=O) groups is 2. The number of rotatable bonds is 4. The molecule has 0 radical (unpaired) electrons. The number of nitrogens with zero attached hydrogens (tertiary/aromatic N) is 1. The Bertz CT molecular complexity index is 671. The molecule has 1 saturated carbocycles. The molecule has 2 aliphatic carbocycles. The van der Waals surface area contributed by atoms with E-state index in [1.165, 1.54) is 5.56 Å². The number of likely N-dealkylation sites (tertiary alicyclic amines) is 1. The van der Waals surface area contributed by atoms with Crippen molar-refractivity contribution in [2.75, 3.05) is 13.2 Å². The van der Waals surface area contributed by atoms with Crippen LogP contribution in [0.2, 0.25) is 0 Å². The second kappa shape index (κ2) is 6.79. The van der Waals surface area contributed by atoms with Gasteiger partial charge in [0.2, 0.25) is 11.8 Å². The van der Waals surface area contributed by atoms with Crippen LogP contribution in [-0.4, -0.2) is 41.0 Å². The predicted octanol–water partition coefficient (Wildman–Crippen LogP) is 1.80. The SMILES string of the molecule is O=C(N[C@H]1c2ccccc2CC[C@H]1CO)C1CCC(=O)N(C2CC2)C1. The standard InChI is InChI=1S/C20H26N2O3/c23-12-15-6-5-13-3-1-2-4-17(13)19(15)21-20(25)14-7-10-18(24)22(11-14)16-8-9-16/h1-4,14-16,19,23H,5-12H2,(H,21,25)/t14?,15-,19+/m0/s1. The van der Waals surface area contributed by atoms with E-state index in [1.54, 1.807) is 0 Å². The largest absolute Gasteiger partial charge is 0.396 e. The number of hydrogen-bond acceptors (Lipinski definition) is 3. The number of aliphatic hydroxyl groups excluding tert-OH is 1. The summed E-state index contributed by atoms with van der Waals surface area (Å²) in [4.78, 5) is 26.9. The van der Waals surface area contributed by atoms with Gasteiger partial charge in [-0.25, -0.2) is 0 Å². The second-order valence-corrected chi connectivity index (χ2v) is 7.68. The molecule has 1 aromatic carbocycles. The van der Waals surface area contributed by atoms with E-state index in [0.717, 1.165) is 31.2 Å². The molecule has 0 bridgehead atoms. The minimum absolute atomic E-state index is 0.0262. The molecule has 1 unspecified atom stereocenters. The van der Waals surface area contributed by atoms with Crippen LogP contribution in [0.3, 0.4) is 0 Å². The molecule has 2 fully saturated rings. The van der Waals surface area contributed by atoms with E-state index >= 15 is 0 Å². The number of fused-ring (bicyclic) bond motifs is 1. The van der Waals surface area contributed by atoms with Crippen LogP contribution < -0.4 is 5.32 Å². The minimum atomic E-state index is -0.133. The number of amides is 2. The molecule has 5 nitrogen and oxygen atoms in total. The fourth-order valence-electron chi connectivity index (χ4n) is 4.31. The Labute approximate surface area is 148 Å². The summed E-state index contributed by atoms with van der Waals surface area (Å²) in [6.07, 6.45) is 5.08. The van der Waals surface area contributed by atoms with Crippen molar-refractivity contribution in [2.45, 2.75) is 50.6 Å². The van der Waals surface area contributed by atoms with Crippen LogP contribution in [0.4, 0.5) is 0 Å². The first-order valence-electron chi connectivity index (χ1n) is 9.46. The van der Waals surface area contributed by atoms with Gasteiger partial charge in [-0.05, 0) is 43.2 Å². The molecule has 0 aromatic heterocycles. The van der Waals surface area contributed by atoms with E-state index in [4.69, 9.17) is 0 Å². The van der Waals surface area contributed by atoms with Gasteiger partial charge in [0.15, 0.2) is 0 Å². The maximum absolute atomic E-state index is 12.9. The van der Waals surface area contributed by atoms with E-state index < -0.39 is 0 Å². The van der Waals surface area contributed by atoms with Crippen LogP contribution >= 0.6 is 0 Å². The van der Waals surface area contributed by atoms with Crippen LogP contribution in [0, 0.1) is 11.8 Å². The van der Waals surface area contributed by atoms with Crippen LogP contribution in [0.25, 0.3) is 0 Å². The average molecular weight is 342 g/mol. The van der Waals surface area contributed by atoms with Gasteiger partial charge in [-0.3, -0.25) is 9.59 Å². The molecule has 1 saturated heterocycles. The third kappa shape index (κ3) is 3.30. The summed E-state index contributed by atoms with van der Waals surface area (Å²) < 4.78 is 0. The number of piperidine rings is 1. The van der Waals surface area contributed by atoms with Gasteiger partial charge in [0.05, 0.1) is 12.0 Å². The maximum Gasteiger partial charge on any atom is 0.225 e. The quantitative estimate of drug-likeness (QED) is 0.877. The molecule has 2 amide bonds. The van der Waals surface area contributed by atoms with E-state index in [1.807, 2.05) is 17.0 Å². The number of nitrogens with one attached hydrogen (secondary N) is 1. The smallest absolute Gasteiger partial charge is 0.225 e. The number of aryl methyl sites for hydroxylation is 1. The van der Waals surface area contributed by atoms with E-state index in [2.05, 4.69) is 17.4 Å². The molecule has 25 heavy (non-hydrogen) atoms. The Morgan fingerprint density at radius 3 is 2.72 bits per heavy atom. The van der Waals surface area contributed by atoms with Crippen molar-refractivity contribution in [3.63, 3.8) is 0 Å². The van der Waals surface area contributed by atoms with Crippen LogP contribution in [0.5, 0.6) is 0 Å². The van der Waals surface area contributed by atoms with E-state index in [0.29, 0.717) is 25.4 Å². The van der Waals surface area contributed by atoms with Gasteiger partial charge >= 0.3 is 0 Å². The molecule has 2 N–H and O–H groups in total. The fraction of sp³-hybridized carbons (Fsp3) is 0.600. The van der Waals surface area contributed by atoms with Gasteiger partial charge in [-0.2, -0.15) is 0 Å². The van der Waals surface area contributed by atoms with Crippen molar-refractivity contribution in [1.29, 1.82) is 0 Å². The highest BCUT2D eigenvalue weighted by Crippen LogP contribution is 2.35. The first-order valence-corrected chi connectivity index (χ1v) is 9.46. The Balaban J connectivity index is 1.48. The highest BCUT2D eigenvalue weighted by atomic mass is 16.3. The van der Waals surface area contributed by atoms with Crippen LogP contribution in [0.1, 0.15) is 49.3 Å². The van der Waals surface area contributed by atoms with Crippen molar-refractivity contribution >= 4 is 11.8 Å². The van der Waals surface area contributed by atoms with Crippen molar-refractivity contribution in [1.82, 2.24) is 10.2 Å². The Morgan fingerprint density at radius 2 is 1.96 bits per heavy atom. The molecule has 3 atom stereocenters. The van der Waals surface area contributed by atoms with Gasteiger partial charge in [0.1, 0.15) is 0 Å².